The monoisotopic (exact) mass is 531 g/mol. The number of fused-ring (bicyclic) bond motifs is 1. The van der Waals surface area contributed by atoms with Crippen molar-refractivity contribution in [3.05, 3.63) is 29.3 Å². The Kier molecular flexibility index (Phi) is 13.5. The first kappa shape index (κ1) is 26.1. The molecule has 0 aliphatic rings. The van der Waals surface area contributed by atoms with E-state index < -0.39 is 0 Å². The van der Waals surface area contributed by atoms with E-state index in [1.165, 1.54) is 22.7 Å². The molecule has 0 bridgehead atoms. The van der Waals surface area contributed by atoms with Gasteiger partial charge in [0.05, 0.1) is 15.2 Å². The largest absolute Gasteiger partial charge is 0.357 e. The number of thiazole rings is 1. The van der Waals surface area contributed by atoms with Crippen LogP contribution >= 0.6 is 35.3 Å². The summed E-state index contributed by atoms with van der Waals surface area (Å²) in [6.07, 6.45) is 4.38. The molecule has 0 fully saturated rings. The van der Waals surface area contributed by atoms with Crippen LogP contribution in [0.3, 0.4) is 0 Å². The molecule has 0 aliphatic heterocycles. The van der Waals surface area contributed by atoms with Gasteiger partial charge in [-0.05, 0) is 64.9 Å². The molecule has 1 atom stereocenters. The van der Waals surface area contributed by atoms with Crippen molar-refractivity contribution in [2.45, 2.75) is 59.4 Å². The van der Waals surface area contributed by atoms with Crippen LogP contribution in [-0.4, -0.2) is 54.6 Å². The minimum Gasteiger partial charge on any atom is -0.357 e. The first-order valence-electron chi connectivity index (χ1n) is 10.8. The summed E-state index contributed by atoms with van der Waals surface area (Å²) >= 11 is 1.80. The normalized spacial score (nSPS) is 12.8. The van der Waals surface area contributed by atoms with Crippen LogP contribution in [0.25, 0.3) is 10.2 Å². The number of halogens is 1. The van der Waals surface area contributed by atoms with Crippen LogP contribution in [0, 0.1) is 0 Å². The summed E-state index contributed by atoms with van der Waals surface area (Å²) in [4.78, 5) is 11.9. The number of benzene rings is 1. The Hall–Kier alpha value is -0.930. The highest BCUT2D eigenvalue weighted by molar-refractivity contribution is 14.0. The quantitative estimate of drug-likeness (QED) is 0.177. The average Bonchev–Trinajstić information content (AvgIpc) is 3.11. The third-order valence-electron chi connectivity index (χ3n) is 4.89. The molecule has 0 amide bonds. The molecule has 1 unspecified atom stereocenters. The van der Waals surface area contributed by atoms with Gasteiger partial charge in [0.15, 0.2) is 5.96 Å². The van der Waals surface area contributed by atoms with E-state index in [1.54, 1.807) is 11.3 Å². The van der Waals surface area contributed by atoms with Gasteiger partial charge in [0.2, 0.25) is 0 Å². The number of hydrogen-bond donors (Lipinski definition) is 2. The van der Waals surface area contributed by atoms with Crippen LogP contribution in [0.2, 0.25) is 0 Å². The molecule has 29 heavy (non-hydrogen) atoms. The van der Waals surface area contributed by atoms with E-state index in [0.29, 0.717) is 6.04 Å². The van der Waals surface area contributed by atoms with Gasteiger partial charge < -0.3 is 15.5 Å². The van der Waals surface area contributed by atoms with Gasteiger partial charge in [-0.15, -0.1) is 35.3 Å². The lowest BCUT2D eigenvalue weighted by molar-refractivity contribution is 0.292. The van der Waals surface area contributed by atoms with Crippen molar-refractivity contribution >= 4 is 51.5 Å². The van der Waals surface area contributed by atoms with Crippen LogP contribution in [-0.2, 0) is 6.42 Å². The van der Waals surface area contributed by atoms with E-state index in [0.717, 1.165) is 56.9 Å². The van der Waals surface area contributed by atoms with E-state index in [4.69, 9.17) is 9.98 Å². The summed E-state index contributed by atoms with van der Waals surface area (Å²) in [5.41, 5.74) is 1.11. The van der Waals surface area contributed by atoms with Crippen LogP contribution in [0.1, 0.15) is 52.0 Å². The van der Waals surface area contributed by atoms with Gasteiger partial charge in [-0.25, -0.2) is 4.98 Å². The summed E-state index contributed by atoms with van der Waals surface area (Å²) < 4.78 is 1.27. The maximum absolute atomic E-state index is 4.76. The van der Waals surface area contributed by atoms with Gasteiger partial charge in [-0.2, -0.15) is 0 Å². The Bertz CT molecular complexity index is 681. The van der Waals surface area contributed by atoms with E-state index in [9.17, 15) is 0 Å². The fourth-order valence-corrected chi connectivity index (χ4v) is 4.24. The SMILES string of the molecule is CCNC(=NCCCc1nc2ccccc2s1)NC(C)CCCN(CC)CC.I. The van der Waals surface area contributed by atoms with Gasteiger partial charge in [0, 0.05) is 25.6 Å². The Morgan fingerprint density at radius 2 is 1.93 bits per heavy atom. The molecular formula is C22H38IN5S. The minimum atomic E-state index is 0. The highest BCUT2D eigenvalue weighted by Crippen LogP contribution is 2.22. The predicted octanol–water partition coefficient (Wildman–Crippen LogP) is 4.91. The van der Waals surface area contributed by atoms with Crippen LogP contribution < -0.4 is 10.6 Å². The van der Waals surface area contributed by atoms with Gasteiger partial charge in [0.1, 0.15) is 0 Å². The smallest absolute Gasteiger partial charge is 0.191 e. The summed E-state index contributed by atoms with van der Waals surface area (Å²) in [6.45, 7) is 14.0. The van der Waals surface area contributed by atoms with Gasteiger partial charge in [-0.3, -0.25) is 4.99 Å². The number of hydrogen-bond acceptors (Lipinski definition) is 4. The number of aliphatic imine (C=N–C) groups is 1. The van der Waals surface area contributed by atoms with Crippen molar-refractivity contribution in [3.63, 3.8) is 0 Å². The molecule has 0 spiro atoms. The van der Waals surface area contributed by atoms with E-state index in [2.05, 4.69) is 61.4 Å². The maximum Gasteiger partial charge on any atom is 0.191 e. The fraction of sp³-hybridized carbons (Fsp3) is 0.636. The number of aromatic nitrogens is 1. The number of nitrogens with zero attached hydrogens (tertiary/aromatic N) is 3. The molecule has 0 aliphatic carbocycles. The second-order valence-corrected chi connectivity index (χ2v) is 8.27. The summed E-state index contributed by atoms with van der Waals surface area (Å²) in [6, 6.07) is 8.78. The minimum absolute atomic E-state index is 0. The van der Waals surface area contributed by atoms with Gasteiger partial charge >= 0.3 is 0 Å². The van der Waals surface area contributed by atoms with E-state index in [1.807, 2.05) is 6.07 Å². The number of guanidine groups is 1. The zero-order chi connectivity index (χ0) is 20.2. The third-order valence-corrected chi connectivity index (χ3v) is 5.99. The molecule has 1 aromatic heterocycles. The fourth-order valence-electron chi connectivity index (χ4n) is 3.23. The van der Waals surface area contributed by atoms with Crippen LogP contribution in [0.5, 0.6) is 0 Å². The molecule has 0 radical (unpaired) electrons. The summed E-state index contributed by atoms with van der Waals surface area (Å²) in [5, 5.41) is 8.13. The van der Waals surface area contributed by atoms with Gasteiger partial charge in [0.25, 0.3) is 0 Å². The second kappa shape index (κ2) is 15.0. The van der Waals surface area contributed by atoms with Crippen molar-refractivity contribution in [1.29, 1.82) is 0 Å². The van der Waals surface area contributed by atoms with Crippen LogP contribution in [0.15, 0.2) is 29.3 Å². The Balaban J connectivity index is 0.00000420. The predicted molar refractivity (Wildman–Crippen MR) is 139 cm³/mol. The van der Waals surface area contributed by atoms with Crippen LogP contribution in [0.4, 0.5) is 0 Å². The molecule has 2 aromatic rings. The molecule has 1 aromatic carbocycles. The zero-order valence-electron chi connectivity index (χ0n) is 18.4. The summed E-state index contributed by atoms with van der Waals surface area (Å²) in [5.74, 6) is 0.933. The van der Waals surface area contributed by atoms with Crippen molar-refractivity contribution in [1.82, 2.24) is 20.5 Å². The third kappa shape index (κ3) is 9.61. The molecule has 0 saturated heterocycles. The molecule has 1 heterocycles. The molecule has 7 heteroatoms. The first-order valence-corrected chi connectivity index (χ1v) is 11.6. The second-order valence-electron chi connectivity index (χ2n) is 7.15. The van der Waals surface area contributed by atoms with Crippen molar-refractivity contribution < 1.29 is 0 Å². The Morgan fingerprint density at radius 1 is 1.17 bits per heavy atom. The lowest BCUT2D eigenvalue weighted by atomic mass is 10.2. The number of nitrogens with one attached hydrogen (secondary N) is 2. The van der Waals surface area contributed by atoms with Crippen molar-refractivity contribution in [2.75, 3.05) is 32.7 Å². The highest BCUT2D eigenvalue weighted by atomic mass is 127. The molecule has 2 rings (SSSR count). The van der Waals surface area contributed by atoms with Gasteiger partial charge in [-0.1, -0.05) is 26.0 Å². The molecule has 0 saturated carbocycles. The lowest BCUT2D eigenvalue weighted by Crippen LogP contribution is -2.42. The van der Waals surface area contributed by atoms with Crippen molar-refractivity contribution in [3.8, 4) is 0 Å². The summed E-state index contributed by atoms with van der Waals surface area (Å²) in [7, 11) is 0. The van der Waals surface area contributed by atoms with Crippen molar-refractivity contribution in [2.24, 2.45) is 4.99 Å². The molecule has 164 valence electrons. The topological polar surface area (TPSA) is 52.6 Å². The average molecular weight is 532 g/mol. The maximum atomic E-state index is 4.76. The Morgan fingerprint density at radius 3 is 2.62 bits per heavy atom. The first-order chi connectivity index (χ1) is 13.7. The molecule has 2 N–H and O–H groups in total. The van der Waals surface area contributed by atoms with E-state index >= 15 is 0 Å². The standard InChI is InChI=1S/C22H37N5S.HI/c1-5-23-22(25-18(4)12-11-17-27(6-2)7-3)24-16-10-15-21-26-19-13-8-9-14-20(19)28-21;/h8-9,13-14,18H,5-7,10-12,15-17H2,1-4H3,(H2,23,24,25);1H. The zero-order valence-corrected chi connectivity index (χ0v) is 21.6. The molecular weight excluding hydrogens is 493 g/mol. The number of rotatable bonds is 12. The lowest BCUT2D eigenvalue weighted by Gasteiger charge is -2.21. The van der Waals surface area contributed by atoms with E-state index in [-0.39, 0.29) is 24.0 Å². The number of aryl methyl sites for hydroxylation is 1. The highest BCUT2D eigenvalue weighted by Gasteiger charge is 2.07. The molecule has 5 nitrogen and oxygen atoms in total. The number of para-hydroxylation sites is 1. The Labute approximate surface area is 197 Å².